The first-order valence-electron chi connectivity index (χ1n) is 5.73. The fourth-order valence-electron chi connectivity index (χ4n) is 1.72. The van der Waals surface area contributed by atoms with Crippen LogP contribution >= 0.6 is 11.8 Å². The molecule has 0 aromatic heterocycles. The van der Waals surface area contributed by atoms with Gasteiger partial charge in [-0.25, -0.2) is 8.78 Å². The second kappa shape index (κ2) is 6.73. The number of halogens is 2. The van der Waals surface area contributed by atoms with E-state index in [1.54, 1.807) is 18.8 Å². The fourth-order valence-corrected chi connectivity index (χ4v) is 2.56. The minimum Gasteiger partial charge on any atom is -0.338 e. The number of carbonyl (C=O) groups excluding carboxylic acids is 1. The van der Waals surface area contributed by atoms with Gasteiger partial charge in [0.15, 0.2) is 11.6 Å². The highest BCUT2D eigenvalue weighted by atomic mass is 32.2. The molecule has 18 heavy (non-hydrogen) atoms. The van der Waals surface area contributed by atoms with E-state index in [-0.39, 0.29) is 11.6 Å². The van der Waals surface area contributed by atoms with Gasteiger partial charge in [0.2, 0.25) is 0 Å². The summed E-state index contributed by atoms with van der Waals surface area (Å²) in [5.41, 5.74) is -0.211. The van der Waals surface area contributed by atoms with Crippen LogP contribution in [0.5, 0.6) is 0 Å². The van der Waals surface area contributed by atoms with Crippen LogP contribution in [0.1, 0.15) is 23.7 Å². The molecule has 0 saturated carbocycles. The van der Waals surface area contributed by atoms with Crippen LogP contribution in [0.15, 0.2) is 18.2 Å². The first-order chi connectivity index (χ1) is 8.52. The Kier molecular flexibility index (Phi) is 5.59. The summed E-state index contributed by atoms with van der Waals surface area (Å²) in [4.78, 5) is 13.6. The van der Waals surface area contributed by atoms with E-state index < -0.39 is 17.5 Å². The second-order valence-corrected chi connectivity index (χ2v) is 4.95. The van der Waals surface area contributed by atoms with Crippen LogP contribution in [0.3, 0.4) is 0 Å². The lowest BCUT2D eigenvalue weighted by atomic mass is 10.1. The molecule has 5 heteroatoms. The van der Waals surface area contributed by atoms with Gasteiger partial charge in [-0.2, -0.15) is 11.8 Å². The van der Waals surface area contributed by atoms with E-state index >= 15 is 0 Å². The van der Waals surface area contributed by atoms with Crippen molar-refractivity contribution >= 4 is 17.7 Å². The van der Waals surface area contributed by atoms with Crippen molar-refractivity contribution in [2.24, 2.45) is 0 Å². The predicted octanol–water partition coefficient (Wildman–Crippen LogP) is 3.18. The number of hydrogen-bond acceptors (Lipinski definition) is 2. The Balaban J connectivity index is 2.95. The Morgan fingerprint density at radius 3 is 2.67 bits per heavy atom. The largest absolute Gasteiger partial charge is 0.338 e. The molecule has 0 fully saturated rings. The molecule has 0 saturated heterocycles. The van der Waals surface area contributed by atoms with Crippen molar-refractivity contribution in [2.45, 2.75) is 19.4 Å². The number of benzene rings is 1. The Morgan fingerprint density at radius 2 is 2.11 bits per heavy atom. The number of amides is 1. The number of rotatable bonds is 5. The van der Waals surface area contributed by atoms with Gasteiger partial charge in [-0.15, -0.1) is 0 Å². The number of nitrogens with zero attached hydrogens (tertiary/aromatic N) is 1. The Bertz CT molecular complexity index is 425. The average molecular weight is 273 g/mol. The van der Waals surface area contributed by atoms with Crippen molar-refractivity contribution in [3.8, 4) is 0 Å². The third-order valence-electron chi connectivity index (χ3n) is 2.88. The van der Waals surface area contributed by atoms with Crippen LogP contribution < -0.4 is 0 Å². The van der Waals surface area contributed by atoms with Gasteiger partial charge < -0.3 is 4.90 Å². The standard InChI is InChI=1S/C13H17F2NOS/c1-4-9(8-18-3)16(2)13(17)10-6-5-7-11(14)12(10)15/h5-7,9H,4,8H2,1-3H3. The van der Waals surface area contributed by atoms with E-state index in [9.17, 15) is 13.6 Å². The van der Waals surface area contributed by atoms with Crippen LogP contribution in [0.25, 0.3) is 0 Å². The van der Waals surface area contributed by atoms with E-state index in [1.807, 2.05) is 13.2 Å². The third kappa shape index (κ3) is 3.22. The molecular formula is C13H17F2NOS. The maximum Gasteiger partial charge on any atom is 0.256 e. The predicted molar refractivity (Wildman–Crippen MR) is 70.9 cm³/mol. The topological polar surface area (TPSA) is 20.3 Å². The summed E-state index contributed by atoms with van der Waals surface area (Å²) in [6, 6.07) is 3.68. The smallest absolute Gasteiger partial charge is 0.256 e. The first-order valence-corrected chi connectivity index (χ1v) is 7.12. The minimum absolute atomic E-state index is 0.0233. The Morgan fingerprint density at radius 1 is 1.44 bits per heavy atom. The highest BCUT2D eigenvalue weighted by Crippen LogP contribution is 2.16. The Labute approximate surface area is 110 Å². The summed E-state index contributed by atoms with van der Waals surface area (Å²) in [5, 5.41) is 0. The quantitative estimate of drug-likeness (QED) is 0.821. The van der Waals surface area contributed by atoms with Gasteiger partial charge in [0, 0.05) is 18.8 Å². The summed E-state index contributed by atoms with van der Waals surface area (Å²) in [6.07, 6.45) is 2.73. The van der Waals surface area contributed by atoms with Crippen molar-refractivity contribution in [3.05, 3.63) is 35.4 Å². The zero-order chi connectivity index (χ0) is 13.7. The molecule has 0 aliphatic heterocycles. The highest BCUT2D eigenvalue weighted by molar-refractivity contribution is 7.98. The van der Waals surface area contributed by atoms with Gasteiger partial charge in [0.25, 0.3) is 5.91 Å². The molecule has 0 spiro atoms. The second-order valence-electron chi connectivity index (χ2n) is 4.03. The van der Waals surface area contributed by atoms with Crippen LogP contribution in [-0.2, 0) is 0 Å². The highest BCUT2D eigenvalue weighted by Gasteiger charge is 2.23. The molecule has 1 aromatic carbocycles. The lowest BCUT2D eigenvalue weighted by Gasteiger charge is -2.27. The summed E-state index contributed by atoms with van der Waals surface area (Å²) >= 11 is 1.62. The van der Waals surface area contributed by atoms with E-state index in [0.717, 1.165) is 18.2 Å². The van der Waals surface area contributed by atoms with Crippen molar-refractivity contribution in [2.75, 3.05) is 19.1 Å². The molecule has 2 nitrogen and oxygen atoms in total. The molecule has 0 aliphatic rings. The van der Waals surface area contributed by atoms with E-state index in [1.165, 1.54) is 17.0 Å². The van der Waals surface area contributed by atoms with Crippen molar-refractivity contribution in [3.63, 3.8) is 0 Å². The molecular weight excluding hydrogens is 256 g/mol. The van der Waals surface area contributed by atoms with Gasteiger partial charge in [0.05, 0.1) is 5.56 Å². The lowest BCUT2D eigenvalue weighted by molar-refractivity contribution is 0.0738. The van der Waals surface area contributed by atoms with Crippen LogP contribution in [-0.4, -0.2) is 35.9 Å². The number of thioether (sulfide) groups is 1. The fraction of sp³-hybridized carbons (Fsp3) is 0.462. The molecule has 1 rings (SSSR count). The summed E-state index contributed by atoms with van der Waals surface area (Å²) < 4.78 is 26.6. The van der Waals surface area contributed by atoms with Crippen LogP contribution in [0.4, 0.5) is 8.78 Å². The molecule has 1 unspecified atom stereocenters. The van der Waals surface area contributed by atoms with Crippen molar-refractivity contribution < 1.29 is 13.6 Å². The SMILES string of the molecule is CCC(CSC)N(C)C(=O)c1cccc(F)c1F. The minimum atomic E-state index is -1.08. The first kappa shape index (κ1) is 15.0. The summed E-state index contributed by atoms with van der Waals surface area (Å²) in [6.45, 7) is 1.96. The van der Waals surface area contributed by atoms with Gasteiger partial charge in [0.1, 0.15) is 0 Å². The Hall–Kier alpha value is -1.10. The molecule has 100 valence electrons. The maximum absolute atomic E-state index is 13.5. The monoisotopic (exact) mass is 273 g/mol. The molecule has 0 heterocycles. The molecule has 0 N–H and O–H groups in total. The molecule has 0 radical (unpaired) electrons. The molecule has 1 aromatic rings. The number of carbonyl (C=O) groups is 1. The van der Waals surface area contributed by atoms with Crippen molar-refractivity contribution in [1.82, 2.24) is 4.90 Å². The maximum atomic E-state index is 13.5. The van der Waals surface area contributed by atoms with Gasteiger partial charge in [-0.3, -0.25) is 4.79 Å². The van der Waals surface area contributed by atoms with E-state index in [4.69, 9.17) is 0 Å². The molecule has 1 atom stereocenters. The van der Waals surface area contributed by atoms with Gasteiger partial charge in [-0.05, 0) is 24.8 Å². The zero-order valence-electron chi connectivity index (χ0n) is 10.7. The normalized spacial score (nSPS) is 12.3. The zero-order valence-corrected chi connectivity index (χ0v) is 11.6. The van der Waals surface area contributed by atoms with Gasteiger partial charge >= 0.3 is 0 Å². The molecule has 0 aliphatic carbocycles. The van der Waals surface area contributed by atoms with E-state index in [2.05, 4.69) is 0 Å². The van der Waals surface area contributed by atoms with Crippen molar-refractivity contribution in [1.29, 1.82) is 0 Å². The molecule has 0 bridgehead atoms. The van der Waals surface area contributed by atoms with Crippen LogP contribution in [0.2, 0.25) is 0 Å². The molecule has 1 amide bonds. The lowest BCUT2D eigenvalue weighted by Crippen LogP contribution is -2.38. The third-order valence-corrected chi connectivity index (χ3v) is 3.60. The average Bonchev–Trinajstić information content (AvgIpc) is 2.37. The van der Waals surface area contributed by atoms with E-state index in [0.29, 0.717) is 0 Å². The summed E-state index contributed by atoms with van der Waals surface area (Å²) in [7, 11) is 1.62. The summed E-state index contributed by atoms with van der Waals surface area (Å²) in [5.74, 6) is -1.77. The number of hydrogen-bond donors (Lipinski definition) is 0. The van der Waals surface area contributed by atoms with Gasteiger partial charge in [-0.1, -0.05) is 13.0 Å². The van der Waals surface area contributed by atoms with Crippen LogP contribution in [0, 0.1) is 11.6 Å².